The molecule has 0 spiro atoms. The second-order valence-corrected chi connectivity index (χ2v) is 4.18. The van der Waals surface area contributed by atoms with E-state index in [0.717, 1.165) is 37.7 Å². The zero-order chi connectivity index (χ0) is 13.5. The summed E-state index contributed by atoms with van der Waals surface area (Å²) >= 11 is 0. The van der Waals surface area contributed by atoms with E-state index in [0.29, 0.717) is 0 Å². The Kier molecular flexibility index (Phi) is 5.42. The van der Waals surface area contributed by atoms with Crippen LogP contribution >= 0.6 is 0 Å². The largest absolute Gasteiger partial charge is 0.410 e. The zero-order valence-corrected chi connectivity index (χ0v) is 10.5. The average Bonchev–Trinajstić information content (AvgIpc) is 2.32. The summed E-state index contributed by atoms with van der Waals surface area (Å²) in [7, 11) is 0. The second kappa shape index (κ2) is 6.83. The molecule has 0 saturated heterocycles. The fourth-order valence-electron chi connectivity index (χ4n) is 1.76. The second-order valence-electron chi connectivity index (χ2n) is 4.18. The van der Waals surface area contributed by atoms with E-state index in [1.165, 1.54) is 6.07 Å². The van der Waals surface area contributed by atoms with Gasteiger partial charge in [-0.1, -0.05) is 32.3 Å². The van der Waals surface area contributed by atoms with Crippen molar-refractivity contribution in [2.75, 3.05) is 5.73 Å². The summed E-state index contributed by atoms with van der Waals surface area (Å²) in [5, 5.41) is 0. The molecule has 0 heterocycles. The SMILES string of the molecule is CCCCCCc1ccc(OC(N)=O)c(F)c1N. The summed E-state index contributed by atoms with van der Waals surface area (Å²) in [6.07, 6.45) is 4.04. The number of carbonyl (C=O) groups excluding carboxylic acids is 1. The topological polar surface area (TPSA) is 78.3 Å². The highest BCUT2D eigenvalue weighted by Crippen LogP contribution is 2.27. The highest BCUT2D eigenvalue weighted by atomic mass is 19.1. The van der Waals surface area contributed by atoms with Gasteiger partial charge in [0.2, 0.25) is 0 Å². The van der Waals surface area contributed by atoms with Crippen LogP contribution in [0.4, 0.5) is 14.9 Å². The van der Waals surface area contributed by atoms with Crippen LogP contribution in [0.5, 0.6) is 5.75 Å². The van der Waals surface area contributed by atoms with Crippen LogP contribution in [0, 0.1) is 5.82 Å². The third kappa shape index (κ3) is 3.91. The Morgan fingerprint density at radius 2 is 2.06 bits per heavy atom. The van der Waals surface area contributed by atoms with Gasteiger partial charge in [-0.2, -0.15) is 0 Å². The molecular weight excluding hydrogens is 235 g/mol. The molecule has 4 nitrogen and oxygen atoms in total. The number of ether oxygens (including phenoxy) is 1. The van der Waals surface area contributed by atoms with Gasteiger partial charge in [0.25, 0.3) is 0 Å². The zero-order valence-electron chi connectivity index (χ0n) is 10.5. The van der Waals surface area contributed by atoms with Crippen LogP contribution in [0.3, 0.4) is 0 Å². The maximum absolute atomic E-state index is 13.7. The monoisotopic (exact) mass is 254 g/mol. The molecule has 18 heavy (non-hydrogen) atoms. The quantitative estimate of drug-likeness (QED) is 0.605. The smallest absolute Gasteiger partial charge is 0.407 e. The van der Waals surface area contributed by atoms with Crippen molar-refractivity contribution in [1.82, 2.24) is 0 Å². The first-order valence-corrected chi connectivity index (χ1v) is 6.10. The Hall–Kier alpha value is -1.78. The van der Waals surface area contributed by atoms with E-state index in [1.54, 1.807) is 6.07 Å². The van der Waals surface area contributed by atoms with Crippen molar-refractivity contribution in [3.8, 4) is 5.75 Å². The Bertz CT molecular complexity index is 422. The Labute approximate surface area is 106 Å². The van der Waals surface area contributed by atoms with Gasteiger partial charge in [-0.15, -0.1) is 0 Å². The standard InChI is InChI=1S/C13H19FN2O2/c1-2-3-4-5-6-9-7-8-10(18-13(16)17)11(14)12(9)15/h7-8H,2-6,15H2,1H3,(H2,16,17). The number of rotatable bonds is 6. The molecule has 4 N–H and O–H groups in total. The van der Waals surface area contributed by atoms with E-state index < -0.39 is 11.9 Å². The molecule has 0 unspecified atom stereocenters. The van der Waals surface area contributed by atoms with Gasteiger partial charge in [-0.3, -0.25) is 0 Å². The summed E-state index contributed by atoms with van der Waals surface area (Å²) in [4.78, 5) is 10.6. The third-order valence-corrected chi connectivity index (χ3v) is 2.74. The van der Waals surface area contributed by atoms with Gasteiger partial charge in [0, 0.05) is 0 Å². The highest BCUT2D eigenvalue weighted by Gasteiger charge is 2.13. The number of aryl methyl sites for hydroxylation is 1. The van der Waals surface area contributed by atoms with Crippen molar-refractivity contribution in [2.24, 2.45) is 5.73 Å². The summed E-state index contributed by atoms with van der Waals surface area (Å²) in [5.74, 6) is -0.945. The predicted octanol–water partition coefficient (Wildman–Crippen LogP) is 2.99. The van der Waals surface area contributed by atoms with Gasteiger partial charge in [0.15, 0.2) is 11.6 Å². The van der Waals surface area contributed by atoms with E-state index in [9.17, 15) is 9.18 Å². The van der Waals surface area contributed by atoms with Gasteiger partial charge < -0.3 is 16.2 Å². The molecule has 1 aromatic rings. The number of anilines is 1. The number of nitrogen functional groups attached to an aromatic ring is 1. The Morgan fingerprint density at radius 3 is 2.67 bits per heavy atom. The minimum Gasteiger partial charge on any atom is -0.407 e. The van der Waals surface area contributed by atoms with Gasteiger partial charge in [0.05, 0.1) is 5.69 Å². The van der Waals surface area contributed by atoms with Crippen LogP contribution < -0.4 is 16.2 Å². The minimum absolute atomic E-state index is 0.0326. The molecule has 0 aliphatic heterocycles. The lowest BCUT2D eigenvalue weighted by Crippen LogP contribution is -2.17. The molecule has 1 amide bonds. The Morgan fingerprint density at radius 1 is 1.33 bits per heavy atom. The van der Waals surface area contributed by atoms with Gasteiger partial charge in [-0.25, -0.2) is 9.18 Å². The maximum atomic E-state index is 13.7. The van der Waals surface area contributed by atoms with E-state index in [4.69, 9.17) is 11.5 Å². The van der Waals surface area contributed by atoms with Crippen molar-refractivity contribution < 1.29 is 13.9 Å². The molecule has 0 aliphatic rings. The van der Waals surface area contributed by atoms with E-state index in [2.05, 4.69) is 11.7 Å². The predicted molar refractivity (Wildman–Crippen MR) is 68.9 cm³/mol. The number of primary amides is 1. The molecule has 1 rings (SSSR count). The van der Waals surface area contributed by atoms with Crippen molar-refractivity contribution in [3.63, 3.8) is 0 Å². The van der Waals surface area contributed by atoms with Gasteiger partial charge in [-0.05, 0) is 24.5 Å². The molecule has 0 aliphatic carbocycles. The summed E-state index contributed by atoms with van der Waals surface area (Å²) in [6.45, 7) is 2.13. The lowest BCUT2D eigenvalue weighted by atomic mass is 10.0. The van der Waals surface area contributed by atoms with Crippen molar-refractivity contribution in [1.29, 1.82) is 0 Å². The fourth-order valence-corrected chi connectivity index (χ4v) is 1.76. The number of hydrogen-bond donors (Lipinski definition) is 2. The molecular formula is C13H19FN2O2. The van der Waals surface area contributed by atoms with Crippen LogP contribution in [-0.2, 0) is 6.42 Å². The average molecular weight is 254 g/mol. The van der Waals surface area contributed by atoms with Crippen LogP contribution in [0.15, 0.2) is 12.1 Å². The molecule has 1 aromatic carbocycles. The molecule has 0 radical (unpaired) electrons. The van der Waals surface area contributed by atoms with Gasteiger partial charge in [0.1, 0.15) is 0 Å². The molecule has 0 atom stereocenters. The summed E-state index contributed by atoms with van der Waals surface area (Å²) in [6, 6.07) is 3.05. The van der Waals surface area contributed by atoms with Crippen LogP contribution in [0.1, 0.15) is 38.2 Å². The van der Waals surface area contributed by atoms with Gasteiger partial charge >= 0.3 is 6.09 Å². The summed E-state index contributed by atoms with van der Waals surface area (Å²) < 4.78 is 18.2. The number of unbranched alkanes of at least 4 members (excludes halogenated alkanes) is 3. The lowest BCUT2D eigenvalue weighted by Gasteiger charge is -2.09. The Balaban J connectivity index is 2.71. The molecule has 100 valence electrons. The first-order valence-electron chi connectivity index (χ1n) is 6.10. The molecule has 0 saturated carbocycles. The first kappa shape index (κ1) is 14.3. The van der Waals surface area contributed by atoms with E-state index in [-0.39, 0.29) is 11.4 Å². The number of nitrogens with two attached hydrogens (primary N) is 2. The number of hydrogen-bond acceptors (Lipinski definition) is 3. The van der Waals surface area contributed by atoms with Crippen LogP contribution in [0.25, 0.3) is 0 Å². The highest BCUT2D eigenvalue weighted by molar-refractivity contribution is 5.69. The summed E-state index contributed by atoms with van der Waals surface area (Å²) in [5.41, 5.74) is 11.3. The molecule has 5 heteroatoms. The van der Waals surface area contributed by atoms with Crippen LogP contribution in [0.2, 0.25) is 0 Å². The number of halogens is 1. The maximum Gasteiger partial charge on any atom is 0.410 e. The molecule has 0 bridgehead atoms. The van der Waals surface area contributed by atoms with E-state index >= 15 is 0 Å². The first-order chi connectivity index (χ1) is 8.56. The minimum atomic E-state index is -1.05. The number of carbonyl (C=O) groups is 1. The fraction of sp³-hybridized carbons (Fsp3) is 0.462. The number of benzene rings is 1. The van der Waals surface area contributed by atoms with Crippen molar-refractivity contribution in [2.45, 2.75) is 39.0 Å². The lowest BCUT2D eigenvalue weighted by molar-refractivity contribution is 0.209. The molecule has 0 aromatic heterocycles. The number of amides is 1. The third-order valence-electron chi connectivity index (χ3n) is 2.74. The van der Waals surface area contributed by atoms with E-state index in [1.807, 2.05) is 0 Å². The molecule has 0 fully saturated rings. The normalized spacial score (nSPS) is 10.3. The van der Waals surface area contributed by atoms with Crippen molar-refractivity contribution >= 4 is 11.8 Å². The van der Waals surface area contributed by atoms with Crippen LogP contribution in [-0.4, -0.2) is 6.09 Å². The van der Waals surface area contributed by atoms with Crippen molar-refractivity contribution in [3.05, 3.63) is 23.5 Å².